The van der Waals surface area contributed by atoms with E-state index in [1.54, 1.807) is 26.0 Å². The van der Waals surface area contributed by atoms with Gasteiger partial charge in [0.05, 0.1) is 6.04 Å². The number of carbonyl (C=O) groups excluding carboxylic acids is 3. The molecule has 11 heteroatoms. The first-order chi connectivity index (χ1) is 14.6. The van der Waals surface area contributed by atoms with Crippen molar-refractivity contribution in [1.82, 2.24) is 16.0 Å². The number of aliphatic carboxylic acids is 1. The van der Waals surface area contributed by atoms with Gasteiger partial charge in [0.25, 0.3) is 0 Å². The smallest absolute Gasteiger partial charge is 0.327 e. The van der Waals surface area contributed by atoms with E-state index in [2.05, 4.69) is 41.2 Å². The first-order valence-corrected chi connectivity index (χ1v) is 11.0. The summed E-state index contributed by atoms with van der Waals surface area (Å²) < 4.78 is 0. The van der Waals surface area contributed by atoms with Crippen molar-refractivity contribution in [2.75, 3.05) is 11.5 Å². The molecule has 31 heavy (non-hydrogen) atoms. The fourth-order valence-corrected chi connectivity index (χ4v) is 3.06. The van der Waals surface area contributed by atoms with E-state index in [0.29, 0.717) is 0 Å². The number of carbonyl (C=O) groups is 4. The van der Waals surface area contributed by atoms with Crippen molar-refractivity contribution in [2.45, 2.75) is 44.4 Å². The van der Waals surface area contributed by atoms with Crippen molar-refractivity contribution in [2.24, 2.45) is 11.7 Å². The van der Waals surface area contributed by atoms with Crippen LogP contribution in [0.15, 0.2) is 30.3 Å². The zero-order valence-corrected chi connectivity index (χ0v) is 19.2. The van der Waals surface area contributed by atoms with Crippen LogP contribution in [0.5, 0.6) is 0 Å². The van der Waals surface area contributed by atoms with Gasteiger partial charge in [-0.3, -0.25) is 14.4 Å². The first kappa shape index (κ1) is 26.8. The van der Waals surface area contributed by atoms with Gasteiger partial charge in [0.1, 0.15) is 18.1 Å². The molecular formula is C20H30N4O5S2. The van der Waals surface area contributed by atoms with Gasteiger partial charge >= 0.3 is 5.97 Å². The summed E-state index contributed by atoms with van der Waals surface area (Å²) in [5.41, 5.74) is 6.69. The molecule has 4 atom stereocenters. The molecule has 0 bridgehead atoms. The summed E-state index contributed by atoms with van der Waals surface area (Å²) in [6, 6.07) is 4.94. The third kappa shape index (κ3) is 8.80. The summed E-state index contributed by atoms with van der Waals surface area (Å²) in [7, 11) is 0. The second kappa shape index (κ2) is 13.2. The lowest BCUT2D eigenvalue weighted by atomic mass is 10.0. The number of thiol groups is 2. The van der Waals surface area contributed by atoms with E-state index < -0.39 is 47.9 Å². The summed E-state index contributed by atoms with van der Waals surface area (Å²) >= 11 is 7.98. The maximum atomic E-state index is 12.9. The average Bonchev–Trinajstić information content (AvgIpc) is 2.74. The molecule has 6 N–H and O–H groups in total. The Hall–Kier alpha value is -2.24. The molecule has 0 fully saturated rings. The molecule has 1 rings (SSSR count). The van der Waals surface area contributed by atoms with Gasteiger partial charge in [-0.15, -0.1) is 0 Å². The largest absolute Gasteiger partial charge is 0.480 e. The number of amides is 3. The van der Waals surface area contributed by atoms with Crippen molar-refractivity contribution in [1.29, 1.82) is 0 Å². The highest BCUT2D eigenvalue weighted by Crippen LogP contribution is 2.06. The highest BCUT2D eigenvalue weighted by molar-refractivity contribution is 7.80. The molecule has 0 radical (unpaired) electrons. The van der Waals surface area contributed by atoms with E-state index in [1.807, 2.05) is 18.2 Å². The number of carboxylic acids is 1. The Bertz CT molecular complexity index is 763. The highest BCUT2D eigenvalue weighted by atomic mass is 32.1. The molecule has 0 aromatic heterocycles. The quantitative estimate of drug-likeness (QED) is 0.207. The van der Waals surface area contributed by atoms with Gasteiger partial charge in [0, 0.05) is 17.9 Å². The van der Waals surface area contributed by atoms with Crippen LogP contribution in [0, 0.1) is 5.92 Å². The minimum Gasteiger partial charge on any atom is -0.480 e. The molecule has 0 spiro atoms. The van der Waals surface area contributed by atoms with Gasteiger partial charge in [0.15, 0.2) is 0 Å². The normalized spacial score (nSPS) is 14.8. The molecule has 0 heterocycles. The zero-order chi connectivity index (χ0) is 23.6. The average molecular weight is 471 g/mol. The predicted molar refractivity (Wildman–Crippen MR) is 124 cm³/mol. The maximum Gasteiger partial charge on any atom is 0.327 e. The lowest BCUT2D eigenvalue weighted by Gasteiger charge is -2.25. The van der Waals surface area contributed by atoms with Gasteiger partial charge in [-0.25, -0.2) is 4.79 Å². The van der Waals surface area contributed by atoms with Crippen LogP contribution in [0.4, 0.5) is 0 Å². The summed E-state index contributed by atoms with van der Waals surface area (Å²) in [4.78, 5) is 48.9. The highest BCUT2D eigenvalue weighted by Gasteiger charge is 2.30. The minimum absolute atomic E-state index is 0.0754. The molecule has 1 aromatic rings. The van der Waals surface area contributed by atoms with Crippen LogP contribution < -0.4 is 21.7 Å². The second-order valence-corrected chi connectivity index (χ2v) is 8.08. The number of rotatable bonds is 12. The Labute approximate surface area is 192 Å². The van der Waals surface area contributed by atoms with Gasteiger partial charge in [-0.05, 0) is 11.5 Å². The van der Waals surface area contributed by atoms with Crippen LogP contribution >= 0.6 is 25.3 Å². The number of hydrogen-bond donors (Lipinski definition) is 7. The van der Waals surface area contributed by atoms with Gasteiger partial charge < -0.3 is 26.8 Å². The van der Waals surface area contributed by atoms with E-state index in [1.165, 1.54) is 0 Å². The van der Waals surface area contributed by atoms with Crippen LogP contribution in [0.1, 0.15) is 19.4 Å². The van der Waals surface area contributed by atoms with Crippen molar-refractivity contribution < 1.29 is 24.3 Å². The molecule has 4 unspecified atom stereocenters. The fraction of sp³-hybridized carbons (Fsp3) is 0.500. The van der Waals surface area contributed by atoms with E-state index in [9.17, 15) is 19.2 Å². The molecule has 0 saturated carbocycles. The van der Waals surface area contributed by atoms with Crippen LogP contribution in [-0.4, -0.2) is 64.5 Å². The van der Waals surface area contributed by atoms with Crippen LogP contribution in [0.2, 0.25) is 0 Å². The van der Waals surface area contributed by atoms with Crippen molar-refractivity contribution >= 4 is 48.9 Å². The number of carboxylic acid groups (broad SMARTS) is 1. The van der Waals surface area contributed by atoms with E-state index in [-0.39, 0.29) is 23.8 Å². The summed E-state index contributed by atoms with van der Waals surface area (Å²) in [6.07, 6.45) is 0.179. The SMILES string of the molecule is CC(C)C(N)C(=O)NC(Cc1ccccc1)C(=O)NC(CS)C(=O)NC(CS)C(=O)O. The van der Waals surface area contributed by atoms with E-state index >= 15 is 0 Å². The predicted octanol–water partition coefficient (Wildman–Crippen LogP) is -0.389. The molecule has 0 aliphatic heterocycles. The van der Waals surface area contributed by atoms with Crippen LogP contribution in [0.25, 0.3) is 0 Å². The third-order valence-electron chi connectivity index (χ3n) is 4.55. The first-order valence-electron chi connectivity index (χ1n) is 9.75. The summed E-state index contributed by atoms with van der Waals surface area (Å²) in [5.74, 6) is -3.38. The second-order valence-electron chi connectivity index (χ2n) is 7.35. The standard InChI is InChI=1S/C20H30N4O5S2/c1-11(2)16(21)19(27)22-13(8-12-6-4-3-5-7-12)17(25)23-14(9-30)18(26)24-15(10-31)20(28)29/h3-7,11,13-16,30-31H,8-10,21H2,1-2H3,(H,22,27)(H,23,25)(H,24,26)(H,28,29). The summed E-state index contributed by atoms with van der Waals surface area (Å²) in [5, 5.41) is 16.6. The van der Waals surface area contributed by atoms with Crippen LogP contribution in [0.3, 0.4) is 0 Å². The lowest BCUT2D eigenvalue weighted by molar-refractivity contribution is -0.141. The number of hydrogen-bond acceptors (Lipinski definition) is 7. The Kier molecular flexibility index (Phi) is 11.4. The molecule has 0 saturated heterocycles. The van der Waals surface area contributed by atoms with Gasteiger partial charge in [-0.2, -0.15) is 25.3 Å². The molecule has 3 amide bonds. The third-order valence-corrected chi connectivity index (χ3v) is 5.28. The molecule has 1 aromatic carbocycles. The lowest BCUT2D eigenvalue weighted by Crippen LogP contribution is -2.58. The molecular weight excluding hydrogens is 440 g/mol. The van der Waals surface area contributed by atoms with E-state index in [0.717, 1.165) is 5.56 Å². The molecule has 0 aliphatic carbocycles. The topological polar surface area (TPSA) is 151 Å². The van der Waals surface area contributed by atoms with Crippen molar-refractivity contribution in [3.63, 3.8) is 0 Å². The number of nitrogens with one attached hydrogen (secondary N) is 3. The number of benzene rings is 1. The Balaban J connectivity index is 2.96. The monoisotopic (exact) mass is 470 g/mol. The Morgan fingerprint density at radius 1 is 0.871 bits per heavy atom. The van der Waals surface area contributed by atoms with Gasteiger partial charge in [-0.1, -0.05) is 44.2 Å². The molecule has 0 aliphatic rings. The van der Waals surface area contributed by atoms with Gasteiger partial charge in [0.2, 0.25) is 17.7 Å². The molecule has 172 valence electrons. The summed E-state index contributed by atoms with van der Waals surface area (Å²) in [6.45, 7) is 3.58. The Morgan fingerprint density at radius 3 is 1.84 bits per heavy atom. The fourth-order valence-electron chi connectivity index (χ4n) is 2.55. The van der Waals surface area contributed by atoms with Crippen molar-refractivity contribution in [3.8, 4) is 0 Å². The van der Waals surface area contributed by atoms with Crippen LogP contribution in [-0.2, 0) is 25.6 Å². The Morgan fingerprint density at radius 2 is 1.35 bits per heavy atom. The molecule has 9 nitrogen and oxygen atoms in total. The zero-order valence-electron chi connectivity index (χ0n) is 17.4. The van der Waals surface area contributed by atoms with E-state index in [4.69, 9.17) is 10.8 Å². The maximum absolute atomic E-state index is 12.9. The number of nitrogens with two attached hydrogens (primary N) is 1. The van der Waals surface area contributed by atoms with Crippen molar-refractivity contribution in [3.05, 3.63) is 35.9 Å². The minimum atomic E-state index is -1.25.